The van der Waals surface area contributed by atoms with Crippen molar-refractivity contribution in [2.24, 2.45) is 5.92 Å². The summed E-state index contributed by atoms with van der Waals surface area (Å²) in [7, 11) is 0. The first-order valence-electron chi connectivity index (χ1n) is 10.6. The molecule has 3 aliphatic heterocycles. The van der Waals surface area contributed by atoms with E-state index in [0.717, 1.165) is 43.2 Å². The number of nitrogens with one attached hydrogen (secondary N) is 1. The minimum atomic E-state index is 0.0830. The van der Waals surface area contributed by atoms with E-state index in [1.54, 1.807) is 0 Å². The average Bonchev–Trinajstić information content (AvgIpc) is 3.33. The lowest BCUT2D eigenvalue weighted by Crippen LogP contribution is -2.39. The van der Waals surface area contributed by atoms with Gasteiger partial charge in [-0.1, -0.05) is 0 Å². The van der Waals surface area contributed by atoms with Crippen LogP contribution in [0.25, 0.3) is 0 Å². The van der Waals surface area contributed by atoms with Gasteiger partial charge in [-0.3, -0.25) is 9.69 Å². The van der Waals surface area contributed by atoms with E-state index in [2.05, 4.69) is 47.2 Å². The molecular weight excluding hydrogens is 338 g/mol. The number of anilines is 2. The molecule has 0 spiro atoms. The maximum Gasteiger partial charge on any atom is 0.227 e. The molecule has 2 atom stereocenters. The number of likely N-dealkylation sites (tertiary alicyclic amines) is 1. The Labute approximate surface area is 163 Å². The molecule has 5 nitrogen and oxygen atoms in total. The summed E-state index contributed by atoms with van der Waals surface area (Å²) in [6.45, 7) is 9.37. The van der Waals surface area contributed by atoms with Crippen molar-refractivity contribution in [2.75, 3.05) is 43.1 Å². The van der Waals surface area contributed by atoms with Gasteiger partial charge in [-0.15, -0.1) is 0 Å². The van der Waals surface area contributed by atoms with Crippen LogP contribution in [0.2, 0.25) is 0 Å². The molecule has 0 saturated carbocycles. The first-order chi connectivity index (χ1) is 13.1. The van der Waals surface area contributed by atoms with E-state index in [1.807, 2.05) is 0 Å². The van der Waals surface area contributed by atoms with E-state index in [1.165, 1.54) is 31.5 Å². The molecule has 5 heteroatoms. The Morgan fingerprint density at radius 1 is 1.15 bits per heavy atom. The Morgan fingerprint density at radius 2 is 1.96 bits per heavy atom. The van der Waals surface area contributed by atoms with Gasteiger partial charge in [-0.2, -0.15) is 0 Å². The van der Waals surface area contributed by atoms with Crippen LogP contribution in [0.1, 0.15) is 44.6 Å². The smallest absolute Gasteiger partial charge is 0.227 e. The highest BCUT2D eigenvalue weighted by atomic mass is 16.5. The first kappa shape index (κ1) is 18.8. The second kappa shape index (κ2) is 8.19. The predicted molar refractivity (Wildman–Crippen MR) is 109 cm³/mol. The number of hydrogen-bond acceptors (Lipinski definition) is 4. The van der Waals surface area contributed by atoms with Gasteiger partial charge in [-0.25, -0.2) is 0 Å². The van der Waals surface area contributed by atoms with Crippen LogP contribution in [0.4, 0.5) is 11.4 Å². The fraction of sp³-hybridized carbons (Fsp3) is 0.682. The Hall–Kier alpha value is -1.59. The zero-order chi connectivity index (χ0) is 18.8. The van der Waals surface area contributed by atoms with Crippen molar-refractivity contribution in [2.45, 2.75) is 58.0 Å². The van der Waals surface area contributed by atoms with Crippen LogP contribution in [0.3, 0.4) is 0 Å². The Bertz CT molecular complexity index is 672. The number of nitrogens with zero attached hydrogens (tertiary/aromatic N) is 2. The third kappa shape index (κ3) is 4.14. The normalized spacial score (nSPS) is 27.3. The second-order valence-corrected chi connectivity index (χ2v) is 8.49. The van der Waals surface area contributed by atoms with Gasteiger partial charge in [-0.05, 0) is 76.3 Å². The van der Waals surface area contributed by atoms with E-state index in [-0.39, 0.29) is 11.8 Å². The van der Waals surface area contributed by atoms with Crippen molar-refractivity contribution in [3.63, 3.8) is 0 Å². The van der Waals surface area contributed by atoms with Gasteiger partial charge in [0.25, 0.3) is 0 Å². The van der Waals surface area contributed by atoms with Crippen LogP contribution >= 0.6 is 0 Å². The lowest BCUT2D eigenvalue weighted by atomic mass is 9.99. The Morgan fingerprint density at radius 3 is 2.67 bits per heavy atom. The highest BCUT2D eigenvalue weighted by Crippen LogP contribution is 2.30. The molecule has 0 radical (unpaired) electrons. The van der Waals surface area contributed by atoms with Crippen molar-refractivity contribution in [1.29, 1.82) is 0 Å². The van der Waals surface area contributed by atoms with Gasteiger partial charge in [0.15, 0.2) is 0 Å². The summed E-state index contributed by atoms with van der Waals surface area (Å²) in [6.07, 6.45) is 5.60. The Balaban J connectivity index is 1.37. The van der Waals surface area contributed by atoms with Crippen molar-refractivity contribution in [3.05, 3.63) is 23.8 Å². The number of carbonyl (C=O) groups is 1. The van der Waals surface area contributed by atoms with Crippen molar-refractivity contribution < 1.29 is 9.53 Å². The highest BCUT2D eigenvalue weighted by molar-refractivity contribution is 5.93. The zero-order valence-electron chi connectivity index (χ0n) is 16.7. The molecular formula is C22H33N3O2. The monoisotopic (exact) mass is 371 g/mol. The fourth-order valence-electron chi connectivity index (χ4n) is 4.92. The molecule has 1 amide bonds. The summed E-state index contributed by atoms with van der Waals surface area (Å²) in [5.41, 5.74) is 3.37. The topological polar surface area (TPSA) is 44.8 Å². The fourth-order valence-corrected chi connectivity index (χ4v) is 4.92. The molecule has 3 fully saturated rings. The SMILES string of the molecule is Cc1cc(N2CC[C@@H](N3CCC[C@@H]3C)C2)ccc1NC(=O)C1CCOCC1. The lowest BCUT2D eigenvalue weighted by molar-refractivity contribution is -0.122. The third-order valence-corrected chi connectivity index (χ3v) is 6.66. The first-order valence-corrected chi connectivity index (χ1v) is 10.6. The van der Waals surface area contributed by atoms with E-state index >= 15 is 0 Å². The molecule has 27 heavy (non-hydrogen) atoms. The number of aryl methyl sites for hydroxylation is 1. The van der Waals surface area contributed by atoms with Crippen molar-refractivity contribution >= 4 is 17.3 Å². The maximum atomic E-state index is 12.5. The summed E-state index contributed by atoms with van der Waals surface area (Å²) < 4.78 is 5.36. The van der Waals surface area contributed by atoms with E-state index in [4.69, 9.17) is 4.74 Å². The third-order valence-electron chi connectivity index (χ3n) is 6.66. The second-order valence-electron chi connectivity index (χ2n) is 8.49. The van der Waals surface area contributed by atoms with E-state index < -0.39 is 0 Å². The van der Waals surface area contributed by atoms with Crippen LogP contribution < -0.4 is 10.2 Å². The van der Waals surface area contributed by atoms with Crippen molar-refractivity contribution in [3.8, 4) is 0 Å². The van der Waals surface area contributed by atoms with Gasteiger partial charge in [0.1, 0.15) is 0 Å². The van der Waals surface area contributed by atoms with Gasteiger partial charge >= 0.3 is 0 Å². The van der Waals surface area contributed by atoms with Gasteiger partial charge in [0, 0.05) is 55.7 Å². The van der Waals surface area contributed by atoms with Gasteiger partial charge in [0.2, 0.25) is 5.91 Å². The summed E-state index contributed by atoms with van der Waals surface area (Å²) in [5, 5.41) is 3.14. The quantitative estimate of drug-likeness (QED) is 0.881. The summed E-state index contributed by atoms with van der Waals surface area (Å²) in [4.78, 5) is 17.7. The largest absolute Gasteiger partial charge is 0.381 e. The van der Waals surface area contributed by atoms with E-state index in [9.17, 15) is 4.79 Å². The standard InChI is InChI=1S/C22H33N3O2/c1-16-14-19(24-11-7-20(15-24)25-10-3-4-17(25)2)5-6-21(16)23-22(26)18-8-12-27-13-9-18/h5-6,14,17-18,20H,3-4,7-13,15H2,1-2H3,(H,23,26)/t17-,20+/m0/s1. The molecule has 0 aliphatic carbocycles. The molecule has 0 bridgehead atoms. The number of benzene rings is 1. The summed E-state index contributed by atoms with van der Waals surface area (Å²) in [6, 6.07) is 7.90. The van der Waals surface area contributed by atoms with Crippen LogP contribution in [-0.4, -0.2) is 55.7 Å². The molecule has 1 aromatic rings. The van der Waals surface area contributed by atoms with Crippen LogP contribution in [0, 0.1) is 12.8 Å². The van der Waals surface area contributed by atoms with Crippen LogP contribution in [0.5, 0.6) is 0 Å². The van der Waals surface area contributed by atoms with E-state index in [0.29, 0.717) is 19.3 Å². The van der Waals surface area contributed by atoms with Gasteiger partial charge < -0.3 is 15.0 Å². The summed E-state index contributed by atoms with van der Waals surface area (Å²) in [5.74, 6) is 0.220. The lowest BCUT2D eigenvalue weighted by Gasteiger charge is -2.29. The molecule has 0 aromatic heterocycles. The molecule has 3 saturated heterocycles. The number of carbonyl (C=O) groups excluding carboxylic acids is 1. The minimum Gasteiger partial charge on any atom is -0.381 e. The average molecular weight is 372 g/mol. The number of hydrogen-bond donors (Lipinski definition) is 1. The predicted octanol–water partition coefficient (Wildman–Crippen LogP) is 3.42. The van der Waals surface area contributed by atoms with Crippen LogP contribution in [0.15, 0.2) is 18.2 Å². The maximum absolute atomic E-state index is 12.5. The van der Waals surface area contributed by atoms with Crippen LogP contribution in [-0.2, 0) is 9.53 Å². The zero-order valence-corrected chi connectivity index (χ0v) is 16.7. The number of rotatable bonds is 4. The molecule has 3 heterocycles. The Kier molecular flexibility index (Phi) is 5.69. The molecule has 1 aromatic carbocycles. The number of ether oxygens (including phenoxy) is 1. The number of amides is 1. The van der Waals surface area contributed by atoms with Gasteiger partial charge in [0.05, 0.1) is 0 Å². The minimum absolute atomic E-state index is 0.0830. The molecule has 3 aliphatic rings. The molecule has 148 valence electrons. The highest BCUT2D eigenvalue weighted by Gasteiger charge is 2.33. The molecule has 4 rings (SSSR count). The molecule has 1 N–H and O–H groups in total. The van der Waals surface area contributed by atoms with Crippen molar-refractivity contribution in [1.82, 2.24) is 4.90 Å². The summed E-state index contributed by atoms with van der Waals surface area (Å²) >= 11 is 0. The molecule has 0 unspecified atom stereocenters.